The second kappa shape index (κ2) is 7.07. The summed E-state index contributed by atoms with van der Waals surface area (Å²) in [6, 6.07) is 14.3. The Morgan fingerprint density at radius 2 is 2.00 bits per heavy atom. The van der Waals surface area contributed by atoms with E-state index in [1.165, 1.54) is 11.8 Å². The number of carbonyl (C=O) groups excluding carboxylic acids is 1. The van der Waals surface area contributed by atoms with Gasteiger partial charge in [-0.2, -0.15) is 0 Å². The number of amides is 1. The fraction of sp³-hybridized carbons (Fsp3) is 0.111. The van der Waals surface area contributed by atoms with Crippen LogP contribution < -0.4 is 4.74 Å². The fourth-order valence-electron chi connectivity index (χ4n) is 2.32. The first-order valence-electron chi connectivity index (χ1n) is 7.24. The Bertz CT molecular complexity index is 815. The molecule has 0 aromatic heterocycles. The molecule has 0 bridgehead atoms. The minimum atomic E-state index is -0.121. The number of aromatic hydroxyl groups is 1. The lowest BCUT2D eigenvalue weighted by Crippen LogP contribution is -2.27. The standard InChI is InChI=1S/C18H15NO3S2/c1-22-15-7-5-12(6-8-15)11-19-17(21)16(24-18(19)23)10-13-3-2-4-14(20)9-13/h2-10,20H,11H2,1H3/b16-10-. The zero-order valence-corrected chi connectivity index (χ0v) is 14.6. The van der Waals surface area contributed by atoms with Crippen molar-refractivity contribution >= 4 is 40.3 Å². The molecule has 0 saturated carbocycles. The molecule has 2 aromatic carbocycles. The molecule has 1 fully saturated rings. The summed E-state index contributed by atoms with van der Waals surface area (Å²) in [5.41, 5.74) is 1.74. The molecule has 3 rings (SSSR count). The minimum absolute atomic E-state index is 0.121. The van der Waals surface area contributed by atoms with Crippen LogP contribution in [0.3, 0.4) is 0 Å². The van der Waals surface area contributed by atoms with Crippen LogP contribution in [0.4, 0.5) is 0 Å². The summed E-state index contributed by atoms with van der Waals surface area (Å²) in [6.07, 6.45) is 1.74. The van der Waals surface area contributed by atoms with Crippen LogP contribution in [0.25, 0.3) is 6.08 Å². The van der Waals surface area contributed by atoms with E-state index in [2.05, 4.69) is 0 Å². The third-order valence-corrected chi connectivity index (χ3v) is 4.92. The maximum absolute atomic E-state index is 12.6. The molecule has 0 aliphatic carbocycles. The van der Waals surface area contributed by atoms with Gasteiger partial charge in [-0.15, -0.1) is 0 Å². The van der Waals surface area contributed by atoms with Gasteiger partial charge in [0.25, 0.3) is 5.91 Å². The number of thiocarbonyl (C=S) groups is 1. The van der Waals surface area contributed by atoms with E-state index in [1.807, 2.05) is 30.3 Å². The Morgan fingerprint density at radius 3 is 2.67 bits per heavy atom. The van der Waals surface area contributed by atoms with Crippen LogP contribution in [0.5, 0.6) is 11.5 Å². The summed E-state index contributed by atoms with van der Waals surface area (Å²) in [6.45, 7) is 0.423. The van der Waals surface area contributed by atoms with Crippen molar-refractivity contribution in [2.24, 2.45) is 0 Å². The van der Waals surface area contributed by atoms with E-state index in [1.54, 1.807) is 36.3 Å². The first-order valence-corrected chi connectivity index (χ1v) is 8.46. The highest BCUT2D eigenvalue weighted by Crippen LogP contribution is 2.34. The van der Waals surface area contributed by atoms with Gasteiger partial charge in [0, 0.05) is 0 Å². The van der Waals surface area contributed by atoms with Crippen LogP contribution >= 0.6 is 24.0 Å². The quantitative estimate of drug-likeness (QED) is 0.666. The number of hydrogen-bond acceptors (Lipinski definition) is 5. The van der Waals surface area contributed by atoms with E-state index in [9.17, 15) is 9.90 Å². The fourth-order valence-corrected chi connectivity index (χ4v) is 3.57. The zero-order valence-electron chi connectivity index (χ0n) is 12.9. The van der Waals surface area contributed by atoms with E-state index < -0.39 is 0 Å². The van der Waals surface area contributed by atoms with Crippen LogP contribution in [0, 0.1) is 0 Å². The van der Waals surface area contributed by atoms with Crippen molar-refractivity contribution in [1.82, 2.24) is 4.90 Å². The first-order chi connectivity index (χ1) is 11.6. The number of rotatable bonds is 4. The van der Waals surface area contributed by atoms with Gasteiger partial charge in [0.1, 0.15) is 15.8 Å². The predicted molar refractivity (Wildman–Crippen MR) is 99.8 cm³/mol. The maximum Gasteiger partial charge on any atom is 0.266 e. The number of thioether (sulfide) groups is 1. The second-order valence-electron chi connectivity index (χ2n) is 5.21. The number of methoxy groups -OCH3 is 1. The molecule has 0 atom stereocenters. The van der Waals surface area contributed by atoms with Gasteiger partial charge in [-0.3, -0.25) is 9.69 Å². The highest BCUT2D eigenvalue weighted by Gasteiger charge is 2.31. The number of phenols is 1. The largest absolute Gasteiger partial charge is 0.508 e. The van der Waals surface area contributed by atoms with Crippen molar-refractivity contribution in [3.8, 4) is 11.5 Å². The summed E-state index contributed by atoms with van der Waals surface area (Å²) in [5.74, 6) is 0.814. The summed E-state index contributed by atoms with van der Waals surface area (Å²) < 4.78 is 5.66. The van der Waals surface area contributed by atoms with Gasteiger partial charge < -0.3 is 9.84 Å². The summed E-state index contributed by atoms with van der Waals surface area (Å²) in [5, 5.41) is 9.53. The number of phenolic OH excluding ortho intramolecular Hbond substituents is 1. The molecule has 1 heterocycles. The molecule has 1 aliphatic rings. The van der Waals surface area contributed by atoms with Crippen molar-refractivity contribution in [1.29, 1.82) is 0 Å². The number of carbonyl (C=O) groups is 1. The van der Waals surface area contributed by atoms with Gasteiger partial charge in [0.15, 0.2) is 0 Å². The van der Waals surface area contributed by atoms with Crippen molar-refractivity contribution in [3.05, 3.63) is 64.6 Å². The normalized spacial score (nSPS) is 16.0. The van der Waals surface area contributed by atoms with Crippen LogP contribution in [0.1, 0.15) is 11.1 Å². The Balaban J connectivity index is 1.78. The highest BCUT2D eigenvalue weighted by atomic mass is 32.2. The number of benzene rings is 2. The number of nitrogens with zero attached hydrogens (tertiary/aromatic N) is 1. The minimum Gasteiger partial charge on any atom is -0.508 e. The Kier molecular flexibility index (Phi) is 4.87. The molecule has 0 unspecified atom stereocenters. The number of ether oxygens (including phenoxy) is 1. The molecule has 24 heavy (non-hydrogen) atoms. The molecule has 2 aromatic rings. The summed E-state index contributed by atoms with van der Waals surface area (Å²) >= 11 is 6.61. The molecule has 122 valence electrons. The third-order valence-electron chi connectivity index (χ3n) is 3.54. The molecule has 0 radical (unpaired) electrons. The van der Waals surface area contributed by atoms with E-state index in [-0.39, 0.29) is 11.7 Å². The molecule has 0 spiro atoms. The highest BCUT2D eigenvalue weighted by molar-refractivity contribution is 8.26. The van der Waals surface area contributed by atoms with Gasteiger partial charge in [0.2, 0.25) is 0 Å². The lowest BCUT2D eigenvalue weighted by Gasteiger charge is -2.14. The van der Waals surface area contributed by atoms with Crippen molar-refractivity contribution in [2.45, 2.75) is 6.54 Å². The third kappa shape index (κ3) is 3.60. The topological polar surface area (TPSA) is 49.8 Å². The second-order valence-corrected chi connectivity index (χ2v) is 6.89. The van der Waals surface area contributed by atoms with E-state index in [0.29, 0.717) is 15.8 Å². The smallest absolute Gasteiger partial charge is 0.266 e. The van der Waals surface area contributed by atoms with Crippen LogP contribution in [-0.4, -0.2) is 27.3 Å². The average molecular weight is 357 g/mol. The van der Waals surface area contributed by atoms with Crippen LogP contribution in [-0.2, 0) is 11.3 Å². The van der Waals surface area contributed by atoms with Crippen LogP contribution in [0.15, 0.2) is 53.4 Å². The Morgan fingerprint density at radius 1 is 1.25 bits per heavy atom. The Hall–Kier alpha value is -2.31. The average Bonchev–Trinajstić information content (AvgIpc) is 2.83. The summed E-state index contributed by atoms with van der Waals surface area (Å²) in [4.78, 5) is 14.7. The molecule has 1 amide bonds. The van der Waals surface area contributed by atoms with Gasteiger partial charge in [-0.1, -0.05) is 48.2 Å². The molecule has 1 N–H and O–H groups in total. The predicted octanol–water partition coefficient (Wildman–Crippen LogP) is 3.80. The van der Waals surface area contributed by atoms with Gasteiger partial charge in [-0.25, -0.2) is 0 Å². The van der Waals surface area contributed by atoms with Crippen molar-refractivity contribution < 1.29 is 14.6 Å². The summed E-state index contributed by atoms with van der Waals surface area (Å²) in [7, 11) is 1.61. The first kappa shape index (κ1) is 16.5. The lowest BCUT2D eigenvalue weighted by atomic mass is 10.2. The molecular weight excluding hydrogens is 342 g/mol. The monoisotopic (exact) mass is 357 g/mol. The molecular formula is C18H15NO3S2. The maximum atomic E-state index is 12.6. The Labute approximate surface area is 149 Å². The van der Waals surface area contributed by atoms with Crippen molar-refractivity contribution in [2.75, 3.05) is 7.11 Å². The molecule has 1 saturated heterocycles. The van der Waals surface area contributed by atoms with Gasteiger partial charge >= 0.3 is 0 Å². The van der Waals surface area contributed by atoms with E-state index >= 15 is 0 Å². The van der Waals surface area contributed by atoms with E-state index in [4.69, 9.17) is 17.0 Å². The van der Waals surface area contributed by atoms with Gasteiger partial charge in [0.05, 0.1) is 18.6 Å². The number of hydrogen-bond donors (Lipinski definition) is 1. The van der Waals surface area contributed by atoms with Gasteiger partial charge in [-0.05, 0) is 41.5 Å². The lowest BCUT2D eigenvalue weighted by molar-refractivity contribution is -0.122. The van der Waals surface area contributed by atoms with E-state index in [0.717, 1.165) is 16.9 Å². The van der Waals surface area contributed by atoms with Crippen LogP contribution in [0.2, 0.25) is 0 Å². The SMILES string of the molecule is COc1ccc(CN2C(=O)/C(=C/c3cccc(O)c3)SC2=S)cc1. The molecule has 6 heteroatoms. The molecule has 1 aliphatic heterocycles. The molecule has 4 nitrogen and oxygen atoms in total. The zero-order chi connectivity index (χ0) is 17.1. The van der Waals surface area contributed by atoms with Crippen molar-refractivity contribution in [3.63, 3.8) is 0 Å².